The molecule has 212 valence electrons. The Balaban J connectivity index is 1.65. The van der Waals surface area contributed by atoms with E-state index in [1.54, 1.807) is 0 Å². The van der Waals surface area contributed by atoms with Crippen LogP contribution in [-0.2, 0) is 0 Å². The van der Waals surface area contributed by atoms with E-state index in [4.69, 9.17) is 11.6 Å². The molecule has 1 unspecified atom stereocenters. The molecule has 0 aliphatic carbocycles. The van der Waals surface area contributed by atoms with E-state index < -0.39 is 0 Å². The number of halogens is 1. The SMILES string of the molecule is Clc1ccc(C2C(=C(c3ccccc3)c3ccccc3)C(=C(c3ccccc3)c3ccccc3)CN2c2ccccc2)cc1. The molecule has 1 nitrogen and oxygen atoms in total. The van der Waals surface area contributed by atoms with Crippen LogP contribution < -0.4 is 4.90 Å². The lowest BCUT2D eigenvalue weighted by molar-refractivity contribution is 0.810. The molecule has 0 radical (unpaired) electrons. The van der Waals surface area contributed by atoms with Crippen molar-refractivity contribution in [1.82, 2.24) is 0 Å². The zero-order valence-corrected chi connectivity index (χ0v) is 25.1. The Bertz CT molecular complexity index is 1810. The minimum absolute atomic E-state index is 0.0532. The van der Waals surface area contributed by atoms with Gasteiger partial charge in [0.15, 0.2) is 0 Å². The van der Waals surface area contributed by atoms with Gasteiger partial charge in [-0.25, -0.2) is 0 Å². The summed E-state index contributed by atoms with van der Waals surface area (Å²) in [6.07, 6.45) is 0. The first-order chi connectivity index (χ1) is 21.8. The molecule has 1 fully saturated rings. The van der Waals surface area contributed by atoms with E-state index >= 15 is 0 Å². The lowest BCUT2D eigenvalue weighted by Crippen LogP contribution is -2.23. The van der Waals surface area contributed by atoms with Gasteiger partial charge < -0.3 is 4.90 Å². The second-order valence-corrected chi connectivity index (χ2v) is 11.5. The molecule has 1 heterocycles. The van der Waals surface area contributed by atoms with Gasteiger partial charge in [-0.05, 0) is 74.4 Å². The highest BCUT2D eigenvalue weighted by Gasteiger charge is 2.39. The first kappa shape index (κ1) is 27.7. The number of para-hydroxylation sites is 1. The third-order valence-corrected chi connectivity index (χ3v) is 8.59. The normalized spacial score (nSPS) is 14.5. The molecule has 0 N–H and O–H groups in total. The second-order valence-electron chi connectivity index (χ2n) is 11.0. The van der Waals surface area contributed by atoms with Crippen LogP contribution in [0.25, 0.3) is 11.1 Å². The largest absolute Gasteiger partial charge is 0.356 e. The first-order valence-electron chi connectivity index (χ1n) is 15.0. The zero-order chi connectivity index (χ0) is 29.7. The standard InChI is InChI=1S/C42H32ClN/c43-36-28-26-35(27-29-36)42-41(40(33-20-10-3-11-21-33)34-22-12-4-13-23-34)38(30-44(42)37-24-14-5-15-25-37)39(31-16-6-1-7-17-31)32-18-8-2-9-19-32/h1-29,42H,30H2. The number of benzene rings is 6. The van der Waals surface area contributed by atoms with Crippen LogP contribution in [0.15, 0.2) is 187 Å². The summed E-state index contributed by atoms with van der Waals surface area (Å²) in [6, 6.07) is 62.5. The summed E-state index contributed by atoms with van der Waals surface area (Å²) in [5.41, 5.74) is 12.3. The maximum atomic E-state index is 6.47. The van der Waals surface area contributed by atoms with Crippen molar-refractivity contribution in [2.45, 2.75) is 6.04 Å². The maximum absolute atomic E-state index is 6.47. The Hall–Kier alpha value is -5.11. The molecule has 0 amide bonds. The summed E-state index contributed by atoms with van der Waals surface area (Å²) >= 11 is 6.47. The number of nitrogens with zero attached hydrogens (tertiary/aromatic N) is 1. The van der Waals surface area contributed by atoms with Crippen LogP contribution >= 0.6 is 11.6 Å². The van der Waals surface area contributed by atoms with Gasteiger partial charge in [-0.15, -0.1) is 0 Å². The van der Waals surface area contributed by atoms with Gasteiger partial charge in [-0.1, -0.05) is 163 Å². The Morgan fingerprint density at radius 3 is 1.27 bits per heavy atom. The monoisotopic (exact) mass is 585 g/mol. The second kappa shape index (κ2) is 12.6. The Morgan fingerprint density at radius 2 is 0.841 bits per heavy atom. The van der Waals surface area contributed by atoms with Gasteiger partial charge in [0.05, 0.1) is 6.04 Å². The van der Waals surface area contributed by atoms with Crippen molar-refractivity contribution in [2.24, 2.45) is 0 Å². The van der Waals surface area contributed by atoms with Crippen molar-refractivity contribution in [3.63, 3.8) is 0 Å². The van der Waals surface area contributed by atoms with Gasteiger partial charge in [0.1, 0.15) is 0 Å². The van der Waals surface area contributed by atoms with Crippen molar-refractivity contribution in [3.05, 3.63) is 220 Å². The number of hydrogen-bond donors (Lipinski definition) is 0. The van der Waals surface area contributed by atoms with E-state index in [1.165, 1.54) is 55.8 Å². The molecule has 1 aliphatic heterocycles. The predicted molar refractivity (Wildman–Crippen MR) is 186 cm³/mol. The lowest BCUT2D eigenvalue weighted by Gasteiger charge is -2.29. The molecule has 0 bridgehead atoms. The predicted octanol–water partition coefficient (Wildman–Crippen LogP) is 10.9. The summed E-state index contributed by atoms with van der Waals surface area (Å²) < 4.78 is 0. The van der Waals surface area contributed by atoms with Crippen LogP contribution in [0.3, 0.4) is 0 Å². The molecule has 7 rings (SSSR count). The molecule has 44 heavy (non-hydrogen) atoms. The van der Waals surface area contributed by atoms with Crippen LogP contribution in [0.5, 0.6) is 0 Å². The van der Waals surface area contributed by atoms with Crippen LogP contribution in [0.4, 0.5) is 5.69 Å². The summed E-state index contributed by atoms with van der Waals surface area (Å²) in [6.45, 7) is 0.745. The van der Waals surface area contributed by atoms with E-state index in [-0.39, 0.29) is 6.04 Å². The third kappa shape index (κ3) is 5.51. The highest BCUT2D eigenvalue weighted by atomic mass is 35.5. The van der Waals surface area contributed by atoms with E-state index in [1.807, 2.05) is 12.1 Å². The van der Waals surface area contributed by atoms with Gasteiger partial charge in [0.25, 0.3) is 0 Å². The average Bonchev–Trinajstić information content (AvgIpc) is 3.47. The average molecular weight is 586 g/mol. The lowest BCUT2D eigenvalue weighted by atomic mass is 9.82. The summed E-state index contributed by atoms with van der Waals surface area (Å²) in [5.74, 6) is 0. The van der Waals surface area contributed by atoms with Crippen molar-refractivity contribution in [2.75, 3.05) is 11.4 Å². The van der Waals surface area contributed by atoms with Crippen LogP contribution in [0.1, 0.15) is 33.9 Å². The Labute approximate surface area is 265 Å². The van der Waals surface area contributed by atoms with E-state index in [2.05, 4.69) is 169 Å². The van der Waals surface area contributed by atoms with Crippen molar-refractivity contribution >= 4 is 28.4 Å². The van der Waals surface area contributed by atoms with Crippen molar-refractivity contribution in [1.29, 1.82) is 0 Å². The molecular weight excluding hydrogens is 554 g/mol. The van der Waals surface area contributed by atoms with E-state index in [9.17, 15) is 0 Å². The van der Waals surface area contributed by atoms with Crippen molar-refractivity contribution in [3.8, 4) is 0 Å². The molecule has 6 aromatic rings. The molecule has 0 saturated carbocycles. The fourth-order valence-corrected chi connectivity index (χ4v) is 6.56. The quantitative estimate of drug-likeness (QED) is 0.188. The van der Waals surface area contributed by atoms with Gasteiger partial charge in [-0.2, -0.15) is 0 Å². The topological polar surface area (TPSA) is 3.24 Å². The molecule has 0 spiro atoms. The number of anilines is 1. The van der Waals surface area contributed by atoms with E-state index in [0.717, 1.165) is 11.6 Å². The van der Waals surface area contributed by atoms with Crippen molar-refractivity contribution < 1.29 is 0 Å². The molecule has 2 heteroatoms. The van der Waals surface area contributed by atoms with Gasteiger partial charge >= 0.3 is 0 Å². The molecule has 6 aromatic carbocycles. The van der Waals surface area contributed by atoms with Crippen LogP contribution in [-0.4, -0.2) is 6.54 Å². The van der Waals surface area contributed by atoms with Gasteiger partial charge in [0, 0.05) is 17.3 Å². The summed E-state index contributed by atoms with van der Waals surface area (Å²) in [5, 5.41) is 0.736. The Morgan fingerprint density at radius 1 is 0.455 bits per heavy atom. The molecule has 1 atom stereocenters. The minimum Gasteiger partial charge on any atom is -0.356 e. The molecule has 1 aliphatic rings. The van der Waals surface area contributed by atoms with E-state index in [0.29, 0.717) is 0 Å². The van der Waals surface area contributed by atoms with Crippen LogP contribution in [0.2, 0.25) is 5.02 Å². The third-order valence-electron chi connectivity index (χ3n) is 8.33. The highest BCUT2D eigenvalue weighted by Crippen LogP contribution is 2.51. The molecular formula is C42H32ClN. The molecule has 1 saturated heterocycles. The first-order valence-corrected chi connectivity index (χ1v) is 15.4. The zero-order valence-electron chi connectivity index (χ0n) is 24.4. The summed E-state index contributed by atoms with van der Waals surface area (Å²) in [7, 11) is 0. The highest BCUT2D eigenvalue weighted by molar-refractivity contribution is 6.30. The smallest absolute Gasteiger partial charge is 0.0809 e. The molecule has 0 aromatic heterocycles. The van der Waals surface area contributed by atoms with Gasteiger partial charge in [-0.3, -0.25) is 0 Å². The Kier molecular flexibility index (Phi) is 7.95. The van der Waals surface area contributed by atoms with Gasteiger partial charge in [0.2, 0.25) is 0 Å². The minimum atomic E-state index is -0.0532. The summed E-state index contributed by atoms with van der Waals surface area (Å²) in [4.78, 5) is 2.55. The number of rotatable bonds is 6. The fraction of sp³-hybridized carbons (Fsp3) is 0.0476. The maximum Gasteiger partial charge on any atom is 0.0809 e. The number of hydrogen-bond acceptors (Lipinski definition) is 1. The van der Waals surface area contributed by atoms with Crippen LogP contribution in [0, 0.1) is 0 Å². The fourth-order valence-electron chi connectivity index (χ4n) is 6.43.